The predicted octanol–water partition coefficient (Wildman–Crippen LogP) is 4.41. The summed E-state index contributed by atoms with van der Waals surface area (Å²) in [6.45, 7) is 2.07. The molecule has 0 aliphatic heterocycles. The minimum atomic E-state index is -1.02. The van der Waals surface area contributed by atoms with Crippen molar-refractivity contribution in [2.75, 3.05) is 19.7 Å². The highest BCUT2D eigenvalue weighted by Crippen LogP contribution is 2.44. The number of aliphatic carboxylic acids is 1. The van der Waals surface area contributed by atoms with Crippen molar-refractivity contribution in [2.45, 2.75) is 51.0 Å². The lowest BCUT2D eigenvalue weighted by Crippen LogP contribution is -2.45. The number of nitrogens with one attached hydrogen (secondary N) is 1. The topological polar surface area (TPSA) is 95.9 Å². The van der Waals surface area contributed by atoms with E-state index in [1.165, 1.54) is 16.0 Å². The predicted molar refractivity (Wildman–Crippen MR) is 128 cm³/mol. The molecule has 180 valence electrons. The molecule has 0 bridgehead atoms. The zero-order chi connectivity index (χ0) is 24.1. The second-order valence-corrected chi connectivity index (χ2v) is 9.13. The first-order valence-corrected chi connectivity index (χ1v) is 12.1. The van der Waals surface area contributed by atoms with E-state index in [1.54, 1.807) is 6.92 Å². The Labute approximate surface area is 200 Å². The maximum absolute atomic E-state index is 12.8. The molecule has 34 heavy (non-hydrogen) atoms. The number of ether oxygens (including phenoxy) is 1. The number of rotatable bonds is 8. The number of nitrogens with zero attached hydrogens (tertiary/aromatic N) is 1. The molecule has 1 saturated carbocycles. The monoisotopic (exact) mass is 464 g/mol. The Morgan fingerprint density at radius 1 is 1.00 bits per heavy atom. The normalized spacial score (nSPS) is 19.1. The van der Waals surface area contributed by atoms with Crippen LogP contribution in [0.1, 0.15) is 56.1 Å². The smallest absolute Gasteiger partial charge is 0.407 e. The summed E-state index contributed by atoms with van der Waals surface area (Å²) in [5.74, 6) is -1.23. The zero-order valence-corrected chi connectivity index (χ0v) is 19.5. The van der Waals surface area contributed by atoms with Crippen molar-refractivity contribution in [1.82, 2.24) is 10.2 Å². The Balaban J connectivity index is 1.36. The molecule has 0 spiro atoms. The Kier molecular flexibility index (Phi) is 7.50. The molecule has 4 rings (SSSR count). The SMILES string of the molecule is CCN(CC(=O)O)C(=O)C[C@H]1CCCC[C@H]1NC(=O)OCC1c2ccccc2-c2ccccc21. The molecule has 2 aromatic rings. The van der Waals surface area contributed by atoms with E-state index in [0.29, 0.717) is 6.54 Å². The lowest BCUT2D eigenvalue weighted by atomic mass is 9.82. The Morgan fingerprint density at radius 3 is 2.24 bits per heavy atom. The average Bonchev–Trinajstić information content (AvgIpc) is 3.16. The summed E-state index contributed by atoms with van der Waals surface area (Å²) >= 11 is 0. The fourth-order valence-electron chi connectivity index (χ4n) is 5.33. The average molecular weight is 465 g/mol. The first-order valence-electron chi connectivity index (χ1n) is 12.1. The summed E-state index contributed by atoms with van der Waals surface area (Å²) in [4.78, 5) is 37.8. The molecular formula is C27H32N2O5. The molecule has 2 N–H and O–H groups in total. The summed E-state index contributed by atoms with van der Waals surface area (Å²) in [6, 6.07) is 16.3. The highest BCUT2D eigenvalue weighted by atomic mass is 16.5. The van der Waals surface area contributed by atoms with Crippen LogP contribution in [0.15, 0.2) is 48.5 Å². The third kappa shape index (κ3) is 5.24. The Bertz CT molecular complexity index is 1010. The molecule has 0 heterocycles. The zero-order valence-electron chi connectivity index (χ0n) is 19.5. The fourth-order valence-corrected chi connectivity index (χ4v) is 5.33. The minimum Gasteiger partial charge on any atom is -0.480 e. The van der Waals surface area contributed by atoms with Gasteiger partial charge in [-0.3, -0.25) is 9.59 Å². The van der Waals surface area contributed by atoms with Crippen molar-refractivity contribution in [2.24, 2.45) is 5.92 Å². The van der Waals surface area contributed by atoms with Crippen LogP contribution < -0.4 is 5.32 Å². The molecule has 2 amide bonds. The van der Waals surface area contributed by atoms with Crippen molar-refractivity contribution in [3.05, 3.63) is 59.7 Å². The third-order valence-electron chi connectivity index (χ3n) is 7.05. The van der Waals surface area contributed by atoms with Crippen molar-refractivity contribution < 1.29 is 24.2 Å². The van der Waals surface area contributed by atoms with Crippen LogP contribution in [0.5, 0.6) is 0 Å². The molecule has 0 unspecified atom stereocenters. The molecule has 1 fully saturated rings. The van der Waals surface area contributed by atoms with Crippen LogP contribution in [0.4, 0.5) is 4.79 Å². The molecule has 2 aromatic carbocycles. The number of benzene rings is 2. The number of alkyl carbamates (subject to hydrolysis) is 1. The van der Waals surface area contributed by atoms with Gasteiger partial charge in [-0.25, -0.2) is 4.79 Å². The number of carboxylic acids is 1. The van der Waals surface area contributed by atoms with E-state index in [0.717, 1.165) is 36.8 Å². The van der Waals surface area contributed by atoms with E-state index in [2.05, 4.69) is 29.6 Å². The second-order valence-electron chi connectivity index (χ2n) is 9.13. The molecule has 0 saturated heterocycles. The van der Waals surface area contributed by atoms with E-state index < -0.39 is 12.1 Å². The number of likely N-dealkylation sites (N-methyl/N-ethyl adjacent to an activating group) is 1. The number of carbonyl (C=O) groups is 3. The fraction of sp³-hybridized carbons (Fsp3) is 0.444. The van der Waals surface area contributed by atoms with E-state index in [1.807, 2.05) is 24.3 Å². The highest BCUT2D eigenvalue weighted by molar-refractivity contribution is 5.82. The molecule has 7 nitrogen and oxygen atoms in total. The van der Waals surface area contributed by atoms with E-state index in [-0.39, 0.29) is 43.4 Å². The van der Waals surface area contributed by atoms with Crippen molar-refractivity contribution >= 4 is 18.0 Å². The van der Waals surface area contributed by atoms with E-state index in [4.69, 9.17) is 9.84 Å². The van der Waals surface area contributed by atoms with E-state index in [9.17, 15) is 14.4 Å². The van der Waals surface area contributed by atoms with Crippen molar-refractivity contribution in [3.63, 3.8) is 0 Å². The lowest BCUT2D eigenvalue weighted by Gasteiger charge is -2.33. The molecular weight excluding hydrogens is 432 g/mol. The van der Waals surface area contributed by atoms with Crippen LogP contribution in [-0.4, -0.2) is 53.7 Å². The van der Waals surface area contributed by atoms with E-state index >= 15 is 0 Å². The Hall–Kier alpha value is -3.35. The minimum absolute atomic E-state index is 0.00369. The molecule has 2 aliphatic carbocycles. The first-order chi connectivity index (χ1) is 16.5. The highest BCUT2D eigenvalue weighted by Gasteiger charge is 2.32. The number of hydrogen-bond acceptors (Lipinski definition) is 4. The number of amides is 2. The summed E-state index contributed by atoms with van der Waals surface area (Å²) in [5.41, 5.74) is 4.69. The van der Waals surface area contributed by atoms with Gasteiger partial charge >= 0.3 is 12.1 Å². The number of hydrogen-bond donors (Lipinski definition) is 2. The van der Waals surface area contributed by atoms with Gasteiger partial charge in [0.1, 0.15) is 13.2 Å². The van der Waals surface area contributed by atoms with Gasteiger partial charge in [-0.1, -0.05) is 61.4 Å². The second kappa shape index (κ2) is 10.7. The van der Waals surface area contributed by atoms with Crippen LogP contribution in [0, 0.1) is 5.92 Å². The van der Waals surface area contributed by atoms with Crippen molar-refractivity contribution in [3.8, 4) is 11.1 Å². The summed E-state index contributed by atoms with van der Waals surface area (Å²) in [6.07, 6.45) is 3.34. The molecule has 0 aromatic heterocycles. The molecule has 2 aliphatic rings. The van der Waals surface area contributed by atoms with Crippen molar-refractivity contribution in [1.29, 1.82) is 0 Å². The van der Waals surface area contributed by atoms with Gasteiger partial charge in [0.25, 0.3) is 0 Å². The van der Waals surface area contributed by atoms with Gasteiger partial charge in [-0.05, 0) is 47.9 Å². The van der Waals surface area contributed by atoms with Gasteiger partial charge in [-0.2, -0.15) is 0 Å². The van der Waals surface area contributed by atoms with Gasteiger partial charge in [0, 0.05) is 24.9 Å². The van der Waals surface area contributed by atoms with Gasteiger partial charge < -0.3 is 20.1 Å². The van der Waals surface area contributed by atoms with Crippen LogP contribution in [0.3, 0.4) is 0 Å². The first kappa shape index (κ1) is 23.8. The lowest BCUT2D eigenvalue weighted by molar-refractivity contribution is -0.144. The van der Waals surface area contributed by atoms with Crippen LogP contribution in [-0.2, 0) is 14.3 Å². The summed E-state index contributed by atoms with van der Waals surface area (Å²) in [7, 11) is 0. The molecule has 7 heteroatoms. The van der Waals surface area contributed by atoms with Crippen LogP contribution in [0.25, 0.3) is 11.1 Å². The van der Waals surface area contributed by atoms with Gasteiger partial charge in [-0.15, -0.1) is 0 Å². The van der Waals surface area contributed by atoms with Crippen LogP contribution >= 0.6 is 0 Å². The maximum atomic E-state index is 12.8. The van der Waals surface area contributed by atoms with Gasteiger partial charge in [0.05, 0.1) is 0 Å². The van der Waals surface area contributed by atoms with Gasteiger partial charge in [0.15, 0.2) is 0 Å². The quantitative estimate of drug-likeness (QED) is 0.603. The number of carboxylic acid groups (broad SMARTS) is 1. The summed E-state index contributed by atoms with van der Waals surface area (Å²) in [5, 5.41) is 12.0. The Morgan fingerprint density at radius 2 is 1.62 bits per heavy atom. The summed E-state index contributed by atoms with van der Waals surface area (Å²) < 4.78 is 5.69. The molecule has 0 radical (unpaired) electrons. The van der Waals surface area contributed by atoms with Gasteiger partial charge in [0.2, 0.25) is 5.91 Å². The number of carbonyl (C=O) groups excluding carboxylic acids is 2. The maximum Gasteiger partial charge on any atom is 0.407 e. The standard InChI is InChI=1S/C27H32N2O5/c1-2-29(16-26(31)32)25(30)15-18-9-3-8-14-24(18)28-27(33)34-17-23-21-12-6-4-10-19(21)20-11-5-7-13-22(20)23/h4-7,10-13,18,23-24H,2-3,8-9,14-17H2,1H3,(H,28,33)(H,31,32)/t18-,24-/m1/s1. The number of fused-ring (bicyclic) bond motifs is 3. The largest absolute Gasteiger partial charge is 0.480 e. The third-order valence-corrected chi connectivity index (χ3v) is 7.05. The van der Waals surface area contributed by atoms with Crippen LogP contribution in [0.2, 0.25) is 0 Å². The molecule has 2 atom stereocenters.